The molecule has 0 spiro atoms. The summed E-state index contributed by atoms with van der Waals surface area (Å²) in [5.74, 6) is -0.874. The number of esters is 3. The highest BCUT2D eigenvalue weighted by atomic mass is 16.6. The molecular weight excluding hydrogens is 985 g/mol. The third-order valence-electron chi connectivity index (χ3n) is 15.8. The topological polar surface area (TPSA) is 78.9 Å². The minimum atomic E-state index is -0.783. The predicted molar refractivity (Wildman–Crippen MR) is 348 cm³/mol. The number of carbonyl (C=O) groups is 3. The summed E-state index contributed by atoms with van der Waals surface area (Å²) >= 11 is 0. The second kappa shape index (κ2) is 68.6. The summed E-state index contributed by atoms with van der Waals surface area (Å²) in [5.41, 5.74) is 0. The molecule has 0 aromatic carbocycles. The van der Waals surface area contributed by atoms with E-state index in [1.54, 1.807) is 0 Å². The molecule has 0 radical (unpaired) electrons. The van der Waals surface area contributed by atoms with E-state index in [-0.39, 0.29) is 31.1 Å². The summed E-state index contributed by atoms with van der Waals surface area (Å²) in [7, 11) is 0. The third-order valence-corrected chi connectivity index (χ3v) is 15.8. The molecule has 0 aliphatic rings. The van der Waals surface area contributed by atoms with Crippen molar-refractivity contribution >= 4 is 17.9 Å². The fourth-order valence-corrected chi connectivity index (χ4v) is 10.5. The summed E-state index contributed by atoms with van der Waals surface area (Å²) in [6.07, 6.45) is 88.3. The lowest BCUT2D eigenvalue weighted by Crippen LogP contribution is -2.30. The van der Waals surface area contributed by atoms with Crippen LogP contribution in [0, 0.1) is 0 Å². The van der Waals surface area contributed by atoms with Crippen LogP contribution in [-0.2, 0) is 28.6 Å². The molecule has 6 nitrogen and oxygen atoms in total. The Morgan fingerprint density at radius 2 is 0.487 bits per heavy atom. The van der Waals surface area contributed by atoms with Gasteiger partial charge in [0.1, 0.15) is 13.2 Å². The van der Waals surface area contributed by atoms with Crippen LogP contribution in [0.15, 0.2) is 60.8 Å². The van der Waals surface area contributed by atoms with Gasteiger partial charge in [0.2, 0.25) is 0 Å². The summed E-state index contributed by atoms with van der Waals surface area (Å²) in [6, 6.07) is 0. The monoisotopic (exact) mass is 1120 g/mol. The van der Waals surface area contributed by atoms with Gasteiger partial charge < -0.3 is 14.2 Å². The highest BCUT2D eigenvalue weighted by molar-refractivity contribution is 5.71. The van der Waals surface area contributed by atoms with E-state index in [1.165, 1.54) is 225 Å². The molecule has 0 saturated heterocycles. The summed E-state index contributed by atoms with van der Waals surface area (Å²) in [6.45, 7) is 6.57. The van der Waals surface area contributed by atoms with Crippen molar-refractivity contribution in [2.24, 2.45) is 0 Å². The molecule has 0 aliphatic carbocycles. The van der Waals surface area contributed by atoms with Gasteiger partial charge in [0.15, 0.2) is 6.10 Å². The van der Waals surface area contributed by atoms with Crippen molar-refractivity contribution in [1.29, 1.82) is 0 Å². The maximum absolute atomic E-state index is 12.9. The zero-order valence-electron chi connectivity index (χ0n) is 53.6. The van der Waals surface area contributed by atoms with Crippen molar-refractivity contribution in [2.45, 2.75) is 380 Å². The van der Waals surface area contributed by atoms with Crippen LogP contribution in [-0.4, -0.2) is 37.2 Å². The molecule has 466 valence electrons. The van der Waals surface area contributed by atoms with Crippen molar-refractivity contribution in [2.75, 3.05) is 13.2 Å². The fraction of sp³-hybridized carbons (Fsp3) is 0.824. The second-order valence-electron chi connectivity index (χ2n) is 23.8. The largest absolute Gasteiger partial charge is 0.462 e. The number of carbonyl (C=O) groups excluding carboxylic acids is 3. The molecule has 0 aromatic heterocycles. The lowest BCUT2D eigenvalue weighted by molar-refractivity contribution is -0.167. The Morgan fingerprint density at radius 3 is 0.762 bits per heavy atom. The molecule has 0 rings (SSSR count). The van der Waals surface area contributed by atoms with E-state index in [1.807, 2.05) is 0 Å². The van der Waals surface area contributed by atoms with Gasteiger partial charge in [-0.25, -0.2) is 0 Å². The van der Waals surface area contributed by atoms with Gasteiger partial charge in [-0.3, -0.25) is 14.4 Å². The van der Waals surface area contributed by atoms with E-state index in [2.05, 4.69) is 81.5 Å². The summed E-state index contributed by atoms with van der Waals surface area (Å²) < 4.78 is 17.0. The van der Waals surface area contributed by atoms with Crippen LogP contribution in [0.3, 0.4) is 0 Å². The van der Waals surface area contributed by atoms with Gasteiger partial charge in [0.05, 0.1) is 0 Å². The average molecular weight is 1120 g/mol. The molecule has 1 unspecified atom stereocenters. The molecular formula is C74H134O6. The molecule has 0 heterocycles. The SMILES string of the molecule is CC/C=C\C/C=C\C/C=C\C/C=C\C/C=C\CCCCCCCC(=O)OC(COC(=O)CCCCCCCCCCCCCC)COC(=O)CCCCCCCCCCCCCCCCCCCCCCCCCCCCCCC. The van der Waals surface area contributed by atoms with E-state index < -0.39 is 6.10 Å². The van der Waals surface area contributed by atoms with Crippen LogP contribution in [0.1, 0.15) is 374 Å². The molecule has 0 saturated carbocycles. The van der Waals surface area contributed by atoms with Crippen LogP contribution in [0.4, 0.5) is 0 Å². The predicted octanol–water partition coefficient (Wildman–Crippen LogP) is 24.3. The standard InChI is InChI=1S/C74H134O6/c1-4-7-10-13-16-19-22-25-27-29-31-33-34-35-36-37-38-39-40-42-43-45-47-49-52-55-58-61-64-67-73(76)79-70-71(69-78-72(75)66-63-60-57-54-51-24-21-18-15-12-9-6-3)80-74(77)68-65-62-59-56-53-50-48-46-44-41-32-30-28-26-23-20-17-14-11-8-5-2/h8,11,17,20,26,28,32,41,46,48,71H,4-7,9-10,12-16,18-19,21-25,27,29-31,33-40,42-45,47,49-70H2,1-3H3/b11-8-,20-17-,28-26-,41-32-,48-46-. The molecule has 0 bridgehead atoms. The van der Waals surface area contributed by atoms with E-state index in [4.69, 9.17) is 14.2 Å². The van der Waals surface area contributed by atoms with Crippen LogP contribution >= 0.6 is 0 Å². The van der Waals surface area contributed by atoms with Crippen molar-refractivity contribution in [3.8, 4) is 0 Å². The smallest absolute Gasteiger partial charge is 0.306 e. The van der Waals surface area contributed by atoms with Gasteiger partial charge in [0, 0.05) is 19.3 Å². The molecule has 1 atom stereocenters. The highest BCUT2D eigenvalue weighted by Crippen LogP contribution is 2.18. The van der Waals surface area contributed by atoms with E-state index >= 15 is 0 Å². The lowest BCUT2D eigenvalue weighted by Gasteiger charge is -2.18. The second-order valence-corrected chi connectivity index (χ2v) is 23.8. The number of hydrogen-bond donors (Lipinski definition) is 0. The number of hydrogen-bond acceptors (Lipinski definition) is 6. The highest BCUT2D eigenvalue weighted by Gasteiger charge is 2.19. The number of unbranched alkanes of at least 4 members (excludes halogenated alkanes) is 44. The Balaban J connectivity index is 4.20. The molecule has 0 aliphatic heterocycles. The normalized spacial score (nSPS) is 12.4. The average Bonchev–Trinajstić information content (AvgIpc) is 3.46. The van der Waals surface area contributed by atoms with Gasteiger partial charge in [-0.15, -0.1) is 0 Å². The van der Waals surface area contributed by atoms with Crippen molar-refractivity contribution in [3.63, 3.8) is 0 Å². The van der Waals surface area contributed by atoms with E-state index in [9.17, 15) is 14.4 Å². The maximum atomic E-state index is 12.9. The number of rotatable bonds is 65. The van der Waals surface area contributed by atoms with Crippen LogP contribution in [0.2, 0.25) is 0 Å². The van der Waals surface area contributed by atoms with Crippen LogP contribution in [0.25, 0.3) is 0 Å². The van der Waals surface area contributed by atoms with Gasteiger partial charge in [-0.2, -0.15) is 0 Å². The molecule has 80 heavy (non-hydrogen) atoms. The first-order valence-corrected chi connectivity index (χ1v) is 35.3. The first-order valence-electron chi connectivity index (χ1n) is 35.3. The molecule has 0 amide bonds. The van der Waals surface area contributed by atoms with Gasteiger partial charge in [-0.05, 0) is 64.2 Å². The van der Waals surface area contributed by atoms with Crippen LogP contribution < -0.4 is 0 Å². The Bertz CT molecular complexity index is 1430. The molecule has 0 N–H and O–H groups in total. The third kappa shape index (κ3) is 65.9. The minimum absolute atomic E-state index is 0.0776. The summed E-state index contributed by atoms with van der Waals surface area (Å²) in [5, 5.41) is 0. The number of allylic oxidation sites excluding steroid dienone is 10. The zero-order valence-corrected chi connectivity index (χ0v) is 53.6. The Labute approximate surface area is 498 Å². The number of ether oxygens (including phenoxy) is 3. The van der Waals surface area contributed by atoms with Gasteiger partial charge in [-0.1, -0.05) is 351 Å². The van der Waals surface area contributed by atoms with E-state index in [0.29, 0.717) is 19.3 Å². The van der Waals surface area contributed by atoms with Crippen molar-refractivity contribution in [1.82, 2.24) is 0 Å². The molecule has 0 fully saturated rings. The fourth-order valence-electron chi connectivity index (χ4n) is 10.5. The Kier molecular flexibility index (Phi) is 66.1. The summed E-state index contributed by atoms with van der Waals surface area (Å²) in [4.78, 5) is 38.4. The maximum Gasteiger partial charge on any atom is 0.306 e. The Morgan fingerprint density at radius 1 is 0.263 bits per heavy atom. The van der Waals surface area contributed by atoms with Crippen molar-refractivity contribution in [3.05, 3.63) is 60.8 Å². The van der Waals surface area contributed by atoms with Gasteiger partial charge >= 0.3 is 17.9 Å². The van der Waals surface area contributed by atoms with E-state index in [0.717, 1.165) is 109 Å². The van der Waals surface area contributed by atoms with Crippen molar-refractivity contribution < 1.29 is 28.6 Å². The lowest BCUT2D eigenvalue weighted by atomic mass is 10.0. The first kappa shape index (κ1) is 77.1. The molecule has 0 aromatic rings. The van der Waals surface area contributed by atoms with Gasteiger partial charge in [0.25, 0.3) is 0 Å². The quantitative estimate of drug-likeness (QED) is 0.0261. The minimum Gasteiger partial charge on any atom is -0.462 e. The van der Waals surface area contributed by atoms with Crippen LogP contribution in [0.5, 0.6) is 0 Å². The molecule has 6 heteroatoms. The Hall–Kier alpha value is -2.89. The first-order chi connectivity index (χ1) is 39.5. The zero-order chi connectivity index (χ0) is 57.8.